The zero-order valence-corrected chi connectivity index (χ0v) is 25.4. The standard InChI is InChI=1S/C29H25F3N8O6S/c1-2-3-14-39-23-24(35-27(39)38-15-12-34-13-16-38)36-28(40(25(23)41)18-20-7-5-4-6-19(20)17-33)45-21-8-10-22(11-9-21)47(43,44)37-46-26(42)29(30,31)32/h4-11,34,37H,12-16,18H2,1H3. The van der Waals surface area contributed by atoms with Gasteiger partial charge in [0.05, 0.1) is 29.6 Å². The van der Waals surface area contributed by atoms with Gasteiger partial charge in [-0.05, 0) is 47.7 Å². The van der Waals surface area contributed by atoms with E-state index in [0.717, 1.165) is 29.2 Å². The van der Waals surface area contributed by atoms with Gasteiger partial charge in [-0.25, -0.2) is 13.2 Å². The molecule has 5 rings (SSSR count). The van der Waals surface area contributed by atoms with Gasteiger partial charge in [0.15, 0.2) is 11.2 Å². The molecule has 1 aliphatic rings. The van der Waals surface area contributed by atoms with E-state index in [-0.39, 0.29) is 36.0 Å². The van der Waals surface area contributed by atoms with Crippen LogP contribution in [0.1, 0.15) is 18.1 Å². The quantitative estimate of drug-likeness (QED) is 0.197. The van der Waals surface area contributed by atoms with Gasteiger partial charge in [0.2, 0.25) is 5.95 Å². The van der Waals surface area contributed by atoms with Crippen molar-refractivity contribution in [3.8, 4) is 29.7 Å². The molecule has 0 aliphatic carbocycles. The summed E-state index contributed by atoms with van der Waals surface area (Å²) in [6.45, 7) is 4.34. The zero-order chi connectivity index (χ0) is 33.8. The number of aromatic nitrogens is 4. The number of benzene rings is 2. The molecule has 1 fully saturated rings. The number of anilines is 1. The smallest absolute Gasteiger partial charge is 0.425 e. The summed E-state index contributed by atoms with van der Waals surface area (Å²) in [6, 6.07) is 12.8. The second kappa shape index (κ2) is 13.5. The zero-order valence-electron chi connectivity index (χ0n) is 24.5. The van der Waals surface area contributed by atoms with Gasteiger partial charge in [-0.1, -0.05) is 24.1 Å². The Morgan fingerprint density at radius 3 is 2.45 bits per heavy atom. The number of halogens is 3. The molecule has 0 atom stereocenters. The van der Waals surface area contributed by atoms with Crippen molar-refractivity contribution in [3.63, 3.8) is 0 Å². The van der Waals surface area contributed by atoms with Crippen LogP contribution in [0, 0.1) is 23.2 Å². The van der Waals surface area contributed by atoms with E-state index in [1.165, 1.54) is 4.57 Å². The molecule has 0 bridgehead atoms. The van der Waals surface area contributed by atoms with Crippen LogP contribution in [0.25, 0.3) is 11.2 Å². The number of hydrogen-bond acceptors (Lipinski definition) is 11. The number of ether oxygens (including phenoxy) is 1. The third-order valence-corrected chi connectivity index (χ3v) is 8.10. The number of nitrogens with zero attached hydrogens (tertiary/aromatic N) is 6. The Morgan fingerprint density at radius 1 is 1.09 bits per heavy atom. The van der Waals surface area contributed by atoms with Crippen molar-refractivity contribution in [1.29, 1.82) is 5.26 Å². The Balaban J connectivity index is 1.57. The normalized spacial score (nSPS) is 13.5. The molecule has 14 nitrogen and oxygen atoms in total. The first-order chi connectivity index (χ1) is 22.4. The second-order valence-electron chi connectivity index (χ2n) is 9.94. The van der Waals surface area contributed by atoms with Gasteiger partial charge in [-0.2, -0.15) is 28.4 Å². The Kier molecular flexibility index (Phi) is 9.47. The fraction of sp³-hybridized carbons (Fsp3) is 0.276. The maximum Gasteiger partial charge on any atom is 0.492 e. The lowest BCUT2D eigenvalue weighted by Crippen LogP contribution is -2.44. The van der Waals surface area contributed by atoms with Gasteiger partial charge in [-0.3, -0.25) is 13.9 Å². The molecular weight excluding hydrogens is 645 g/mol. The Labute approximate surface area is 265 Å². The van der Waals surface area contributed by atoms with Crippen LogP contribution in [0.3, 0.4) is 0 Å². The summed E-state index contributed by atoms with van der Waals surface area (Å²) in [5, 5.41) is 12.9. The highest BCUT2D eigenvalue weighted by Gasteiger charge is 2.42. The number of carbonyl (C=O) groups is 1. The van der Waals surface area contributed by atoms with Gasteiger partial charge >= 0.3 is 18.2 Å². The van der Waals surface area contributed by atoms with Crippen LogP contribution in [0.2, 0.25) is 0 Å². The summed E-state index contributed by atoms with van der Waals surface area (Å²) < 4.78 is 70.8. The number of sulfonamides is 1. The van der Waals surface area contributed by atoms with E-state index in [0.29, 0.717) is 43.3 Å². The number of carbonyl (C=O) groups excluding carboxylic acids is 1. The van der Waals surface area contributed by atoms with Gasteiger partial charge < -0.3 is 19.8 Å². The highest BCUT2D eigenvalue weighted by molar-refractivity contribution is 7.89. The molecular formula is C29H25F3N8O6S. The lowest BCUT2D eigenvalue weighted by molar-refractivity contribution is -0.203. The Morgan fingerprint density at radius 2 is 1.79 bits per heavy atom. The molecule has 3 heterocycles. The van der Waals surface area contributed by atoms with E-state index in [4.69, 9.17) is 4.74 Å². The molecule has 0 spiro atoms. The van der Waals surface area contributed by atoms with Gasteiger partial charge in [0, 0.05) is 26.2 Å². The van der Waals surface area contributed by atoms with Crippen LogP contribution in [0.15, 0.2) is 58.2 Å². The number of fused-ring (bicyclic) bond motifs is 1. The topological polar surface area (TPSA) is 173 Å². The van der Waals surface area contributed by atoms with Crippen LogP contribution in [0.5, 0.6) is 11.8 Å². The van der Waals surface area contributed by atoms with Gasteiger partial charge in [0.1, 0.15) is 5.75 Å². The largest absolute Gasteiger partial charge is 0.492 e. The highest BCUT2D eigenvalue weighted by atomic mass is 32.2. The average molecular weight is 671 g/mol. The van der Waals surface area contributed by atoms with Crippen molar-refractivity contribution in [3.05, 3.63) is 70.0 Å². The summed E-state index contributed by atoms with van der Waals surface area (Å²) in [6.07, 6.45) is -5.41. The van der Waals surface area contributed by atoms with Crippen LogP contribution in [-0.4, -0.2) is 65.8 Å². The summed E-state index contributed by atoms with van der Waals surface area (Å²) in [5.74, 6) is 3.53. The highest BCUT2D eigenvalue weighted by Crippen LogP contribution is 2.26. The molecule has 0 radical (unpaired) electrons. The fourth-order valence-electron chi connectivity index (χ4n) is 4.64. The lowest BCUT2D eigenvalue weighted by atomic mass is 10.1. The first-order valence-corrected chi connectivity index (χ1v) is 15.3. The molecule has 0 amide bonds. The molecule has 2 N–H and O–H groups in total. The van der Waals surface area contributed by atoms with Gasteiger partial charge in [-0.15, -0.1) is 5.92 Å². The summed E-state index contributed by atoms with van der Waals surface area (Å²) in [7, 11) is -4.70. The van der Waals surface area contributed by atoms with Crippen LogP contribution < -0.4 is 25.4 Å². The SMILES string of the molecule is CC#CCn1c(N2CCNCC2)nc2nc(Oc3ccc(S(=O)(=O)NOC(=O)C(F)(F)F)cc3)n(Cc3ccccc3C#N)c(=O)c21. The minimum absolute atomic E-state index is 0.0107. The number of nitrogens with one attached hydrogen (secondary N) is 2. The lowest BCUT2D eigenvalue weighted by Gasteiger charge is -2.28. The first-order valence-electron chi connectivity index (χ1n) is 13.8. The van der Waals surface area contributed by atoms with Crippen LogP contribution >= 0.6 is 0 Å². The predicted octanol–water partition coefficient (Wildman–Crippen LogP) is 2.04. The van der Waals surface area contributed by atoms with Crippen molar-refractivity contribution < 1.29 is 36.0 Å². The maximum atomic E-state index is 14.2. The third kappa shape index (κ3) is 7.20. The van der Waals surface area contributed by atoms with E-state index in [1.54, 1.807) is 35.8 Å². The average Bonchev–Trinajstić information content (AvgIpc) is 3.43. The second-order valence-corrected chi connectivity index (χ2v) is 11.6. The first kappa shape index (κ1) is 32.9. The number of piperazine rings is 1. The van der Waals surface area contributed by atoms with Crippen LogP contribution in [0.4, 0.5) is 19.1 Å². The van der Waals surface area contributed by atoms with Crippen LogP contribution in [-0.2, 0) is 32.7 Å². The number of alkyl halides is 3. The molecule has 244 valence electrons. The predicted molar refractivity (Wildman–Crippen MR) is 160 cm³/mol. The van der Waals surface area contributed by atoms with Crippen molar-refractivity contribution >= 4 is 33.1 Å². The minimum atomic E-state index is -5.41. The number of hydrogen-bond donors (Lipinski definition) is 2. The van der Waals surface area contributed by atoms with Crippen molar-refractivity contribution in [1.82, 2.24) is 29.3 Å². The van der Waals surface area contributed by atoms with E-state index in [1.807, 2.05) is 4.90 Å². The van der Waals surface area contributed by atoms with E-state index in [9.17, 15) is 36.4 Å². The fourth-order valence-corrected chi connectivity index (χ4v) is 5.42. The number of rotatable bonds is 9. The number of nitriles is 1. The number of imidazole rings is 1. The molecule has 18 heteroatoms. The van der Waals surface area contributed by atoms with Crippen molar-refractivity contribution in [2.24, 2.45) is 0 Å². The van der Waals surface area contributed by atoms with E-state index < -0.39 is 32.6 Å². The third-order valence-electron chi connectivity index (χ3n) is 6.91. The molecule has 0 unspecified atom stereocenters. The van der Waals surface area contributed by atoms with Crippen molar-refractivity contribution in [2.75, 3.05) is 31.1 Å². The molecule has 4 aromatic rings. The van der Waals surface area contributed by atoms with Crippen molar-refractivity contribution in [2.45, 2.75) is 31.1 Å². The maximum absolute atomic E-state index is 14.2. The molecule has 1 saturated heterocycles. The van der Waals surface area contributed by atoms with Gasteiger partial charge in [0.25, 0.3) is 15.6 Å². The Hall–Kier alpha value is -5.43. The molecule has 47 heavy (non-hydrogen) atoms. The molecule has 2 aromatic heterocycles. The molecule has 1 aliphatic heterocycles. The monoisotopic (exact) mass is 670 g/mol. The molecule has 2 aromatic carbocycles. The minimum Gasteiger partial charge on any atom is -0.425 e. The summed E-state index contributed by atoms with van der Waals surface area (Å²) >= 11 is 0. The summed E-state index contributed by atoms with van der Waals surface area (Å²) in [4.78, 5) is 40.6. The summed E-state index contributed by atoms with van der Waals surface area (Å²) in [5.41, 5.74) is 0.482. The molecule has 0 saturated carbocycles. The Bertz CT molecular complexity index is 2090. The van der Waals surface area contributed by atoms with E-state index in [2.05, 4.69) is 38.0 Å². The van der Waals surface area contributed by atoms with E-state index >= 15 is 0 Å².